The van der Waals surface area contributed by atoms with E-state index in [0.717, 1.165) is 13.1 Å². The molecule has 372 valence electrons. The molecular formula is C42H27BF24N-. The second-order valence-corrected chi connectivity index (χ2v) is 14.7. The van der Waals surface area contributed by atoms with E-state index in [1.807, 2.05) is 6.07 Å². The highest BCUT2D eigenvalue weighted by atomic mass is 19.4. The van der Waals surface area contributed by atoms with E-state index in [0.29, 0.717) is 0 Å². The van der Waals surface area contributed by atoms with Gasteiger partial charge in [-0.2, -0.15) is 127 Å². The quantitative estimate of drug-likeness (QED) is 0.116. The zero-order valence-electron chi connectivity index (χ0n) is 33.8. The van der Waals surface area contributed by atoms with Crippen LogP contribution in [0.2, 0.25) is 0 Å². The van der Waals surface area contributed by atoms with Crippen molar-refractivity contribution in [2.24, 2.45) is 0 Å². The van der Waals surface area contributed by atoms with E-state index < -0.39 is 195 Å². The van der Waals surface area contributed by atoms with Gasteiger partial charge in [0.05, 0.1) is 44.5 Å². The van der Waals surface area contributed by atoms with E-state index in [1.54, 1.807) is 0 Å². The summed E-state index contributed by atoms with van der Waals surface area (Å²) in [5.41, 5.74) is -28.9. The maximum absolute atomic E-state index is 14.2. The maximum Gasteiger partial charge on any atom is 0.416 e. The van der Waals surface area contributed by atoms with Crippen LogP contribution in [0.15, 0.2) is 103 Å². The summed E-state index contributed by atoms with van der Waals surface area (Å²) in [5, 5.41) is 0. The predicted molar refractivity (Wildman–Crippen MR) is 200 cm³/mol. The first-order chi connectivity index (χ1) is 30.6. The molecule has 0 spiro atoms. The second-order valence-electron chi connectivity index (χ2n) is 14.7. The van der Waals surface area contributed by atoms with Gasteiger partial charge in [-0.15, -0.1) is 0 Å². The molecule has 0 radical (unpaired) electrons. The average molecular weight is 1010 g/mol. The third-order valence-corrected chi connectivity index (χ3v) is 10.3. The zero-order chi connectivity index (χ0) is 52.0. The molecule has 68 heavy (non-hydrogen) atoms. The van der Waals surface area contributed by atoms with Crippen molar-refractivity contribution >= 4 is 33.7 Å². The Balaban J connectivity index is 0.000000802. The van der Waals surface area contributed by atoms with Gasteiger partial charge in [0.1, 0.15) is 6.15 Å². The van der Waals surface area contributed by atoms with Crippen LogP contribution in [0.5, 0.6) is 0 Å². The molecule has 0 fully saturated rings. The number of anilines is 1. The number of rotatable bonds is 7. The topological polar surface area (TPSA) is 3.24 Å². The third kappa shape index (κ3) is 12.5. The normalized spacial score (nSPS) is 13.6. The fourth-order valence-electron chi connectivity index (χ4n) is 7.30. The van der Waals surface area contributed by atoms with Crippen LogP contribution < -0.4 is 26.8 Å². The molecule has 0 aliphatic rings. The van der Waals surface area contributed by atoms with Gasteiger partial charge in [-0.25, -0.2) is 0 Å². The van der Waals surface area contributed by atoms with Crippen molar-refractivity contribution in [3.05, 3.63) is 148 Å². The first-order valence-corrected chi connectivity index (χ1v) is 18.8. The SMILES string of the molecule is CCN(CC)c1ccccc1.FC(F)(F)c1cc([B-](c2cc(C(F)(F)F)cc(C(F)(F)F)c2)(c2cc(C(F)(F)F)cc(C(F)(F)F)c2)c2cc(C(F)(F)F)cc(C(F)(F)F)c2)cc(C(F)(F)F)c1. The van der Waals surface area contributed by atoms with Crippen molar-refractivity contribution in [2.75, 3.05) is 18.0 Å². The minimum absolute atomic E-state index is 0.691. The monoisotopic (exact) mass is 1010 g/mol. The molecule has 0 saturated heterocycles. The van der Waals surface area contributed by atoms with Gasteiger partial charge in [-0.3, -0.25) is 0 Å². The van der Waals surface area contributed by atoms with Crippen molar-refractivity contribution in [1.29, 1.82) is 0 Å². The van der Waals surface area contributed by atoms with Gasteiger partial charge in [0.2, 0.25) is 0 Å². The minimum atomic E-state index is -6.13. The molecule has 5 rings (SSSR count). The molecule has 0 heterocycles. The molecule has 0 unspecified atom stereocenters. The van der Waals surface area contributed by atoms with Gasteiger partial charge in [0.15, 0.2) is 0 Å². The lowest BCUT2D eigenvalue weighted by atomic mass is 9.12. The van der Waals surface area contributed by atoms with Crippen LogP contribution in [0.4, 0.5) is 111 Å². The number of hydrogen-bond acceptors (Lipinski definition) is 1. The summed E-state index contributed by atoms with van der Waals surface area (Å²) in [6, 6.07) is 1.68. The highest BCUT2D eigenvalue weighted by Gasteiger charge is 2.47. The molecule has 1 nitrogen and oxygen atoms in total. The van der Waals surface area contributed by atoms with Crippen molar-refractivity contribution < 1.29 is 105 Å². The van der Waals surface area contributed by atoms with Crippen LogP contribution in [-0.2, 0) is 49.4 Å². The molecule has 0 aliphatic heterocycles. The zero-order valence-corrected chi connectivity index (χ0v) is 33.8. The van der Waals surface area contributed by atoms with E-state index in [2.05, 4.69) is 43.0 Å². The summed E-state index contributed by atoms with van der Waals surface area (Å²) in [7, 11) is 0. The smallest absolute Gasteiger partial charge is 0.372 e. The molecule has 0 saturated carbocycles. The molecular weight excluding hydrogens is 985 g/mol. The Hall–Kier alpha value is -5.72. The summed E-state index contributed by atoms with van der Waals surface area (Å²) < 4.78 is 341. The van der Waals surface area contributed by atoms with Crippen LogP contribution in [0.25, 0.3) is 0 Å². The second kappa shape index (κ2) is 18.6. The van der Waals surface area contributed by atoms with Gasteiger partial charge < -0.3 is 4.90 Å². The molecule has 5 aromatic rings. The molecule has 0 aliphatic carbocycles. The van der Waals surface area contributed by atoms with Crippen LogP contribution in [0, 0.1) is 0 Å². The Bertz CT molecular complexity index is 2100. The van der Waals surface area contributed by atoms with Crippen molar-refractivity contribution in [1.82, 2.24) is 0 Å². The van der Waals surface area contributed by atoms with E-state index in [1.165, 1.54) is 5.69 Å². The Labute approximate surface area is 367 Å². The lowest BCUT2D eigenvalue weighted by Gasteiger charge is -2.46. The minimum Gasteiger partial charge on any atom is -0.372 e. The van der Waals surface area contributed by atoms with Gasteiger partial charge in [0.25, 0.3) is 0 Å². The number of halogens is 24. The summed E-state index contributed by atoms with van der Waals surface area (Å²) in [5.74, 6) is 0. The highest BCUT2D eigenvalue weighted by molar-refractivity contribution is 7.20. The van der Waals surface area contributed by atoms with Gasteiger partial charge in [-0.1, -0.05) is 66.7 Å². The standard InChI is InChI=1S/C32H12BF24.C10H15N/c34-25(35,36)13-1-14(26(37,38)39)6-21(5-13)33(22-7-15(27(40,41)42)2-16(8-22)28(43,44)45,23-9-17(29(46,47)48)3-18(10-23)30(49,50)51)24-11-19(31(52,53)54)4-20(12-24)32(55,56)57;1-3-11(4-2)10-8-6-5-7-9-10/h1-12H;5-9H,3-4H2,1-2H3/q-1;. The van der Waals surface area contributed by atoms with E-state index >= 15 is 0 Å². The molecule has 0 amide bonds. The summed E-state index contributed by atoms with van der Waals surface area (Å²) >= 11 is 0. The number of nitrogens with zero attached hydrogens (tertiary/aromatic N) is 1. The number of para-hydroxylation sites is 1. The largest absolute Gasteiger partial charge is 0.416 e. The molecule has 0 atom stereocenters. The first-order valence-electron chi connectivity index (χ1n) is 18.8. The van der Waals surface area contributed by atoms with Crippen LogP contribution in [0.3, 0.4) is 0 Å². The van der Waals surface area contributed by atoms with Crippen LogP contribution in [0.1, 0.15) is 58.4 Å². The summed E-state index contributed by atoms with van der Waals surface area (Å²) in [6.07, 6.45) is -54.8. The summed E-state index contributed by atoms with van der Waals surface area (Å²) in [4.78, 5) is 2.33. The van der Waals surface area contributed by atoms with Crippen molar-refractivity contribution in [2.45, 2.75) is 63.3 Å². The molecule has 0 bridgehead atoms. The molecule has 0 aromatic heterocycles. The summed E-state index contributed by atoms with van der Waals surface area (Å²) in [6.45, 7) is 6.52. The fourth-order valence-corrected chi connectivity index (χ4v) is 7.30. The number of alkyl halides is 24. The maximum atomic E-state index is 14.2. The first kappa shape index (κ1) is 54.9. The molecule has 0 N–H and O–H groups in total. The number of benzene rings is 5. The molecule has 5 aromatic carbocycles. The van der Waals surface area contributed by atoms with Crippen molar-refractivity contribution in [3.63, 3.8) is 0 Å². The predicted octanol–water partition coefficient (Wildman–Crippen LogP) is 13.7. The van der Waals surface area contributed by atoms with Gasteiger partial charge in [0, 0.05) is 18.8 Å². The Kier molecular flexibility index (Phi) is 15.1. The van der Waals surface area contributed by atoms with Gasteiger partial charge in [-0.05, 0) is 50.2 Å². The lowest BCUT2D eigenvalue weighted by Crippen LogP contribution is -2.75. The van der Waals surface area contributed by atoms with Crippen molar-refractivity contribution in [3.8, 4) is 0 Å². The number of hydrogen-bond donors (Lipinski definition) is 0. The van der Waals surface area contributed by atoms with E-state index in [-0.39, 0.29) is 0 Å². The van der Waals surface area contributed by atoms with Gasteiger partial charge >= 0.3 is 49.4 Å². The Morgan fingerprint density at radius 2 is 0.471 bits per heavy atom. The fraction of sp³-hybridized carbons (Fsp3) is 0.286. The van der Waals surface area contributed by atoms with E-state index in [4.69, 9.17) is 0 Å². The molecule has 26 heteroatoms. The van der Waals surface area contributed by atoms with Crippen LogP contribution >= 0.6 is 0 Å². The highest BCUT2D eigenvalue weighted by Crippen LogP contribution is 2.41. The Morgan fingerprint density at radius 1 is 0.294 bits per heavy atom. The van der Waals surface area contributed by atoms with E-state index in [9.17, 15) is 105 Å². The average Bonchev–Trinajstić information content (AvgIpc) is 3.19. The lowest BCUT2D eigenvalue weighted by molar-refractivity contribution is -0.144. The van der Waals surface area contributed by atoms with Crippen LogP contribution in [-0.4, -0.2) is 19.2 Å². The third-order valence-electron chi connectivity index (χ3n) is 10.3. The Morgan fingerprint density at radius 3 is 0.618 bits per heavy atom.